The summed E-state index contributed by atoms with van der Waals surface area (Å²) in [6.45, 7) is 11.9. The van der Waals surface area contributed by atoms with Gasteiger partial charge in [-0.3, -0.25) is 9.69 Å². The monoisotopic (exact) mass is 387 g/mol. The summed E-state index contributed by atoms with van der Waals surface area (Å²) in [4.78, 5) is 23.3. The first kappa shape index (κ1) is 18.6. The maximum Gasteiger partial charge on any atom is 0.266 e. The number of rotatable bonds is 4. The zero-order valence-electron chi connectivity index (χ0n) is 16.6. The van der Waals surface area contributed by atoms with Gasteiger partial charge in [-0.1, -0.05) is 20.8 Å². The van der Waals surface area contributed by atoms with Crippen molar-refractivity contribution in [1.82, 2.24) is 19.7 Å². The first-order chi connectivity index (χ1) is 12.9. The average molecular weight is 388 g/mol. The minimum absolute atomic E-state index is 0.0149. The van der Waals surface area contributed by atoms with Gasteiger partial charge in [0, 0.05) is 49.1 Å². The molecule has 1 fully saturated rings. The quantitative estimate of drug-likeness (QED) is 0.806. The number of aromatic nitrogens is 3. The van der Waals surface area contributed by atoms with Crippen molar-refractivity contribution in [3.8, 4) is 0 Å². The molecular weight excluding hydrogens is 358 g/mol. The molecule has 0 saturated carbocycles. The van der Waals surface area contributed by atoms with E-state index in [4.69, 9.17) is 4.98 Å². The van der Waals surface area contributed by atoms with Crippen LogP contribution in [-0.2, 0) is 24.8 Å². The summed E-state index contributed by atoms with van der Waals surface area (Å²) in [6.07, 6.45) is 3.63. The predicted octanol–water partition coefficient (Wildman–Crippen LogP) is 2.31. The Kier molecular flexibility index (Phi) is 5.07. The molecule has 0 unspecified atom stereocenters. The maximum atomic E-state index is 12.1. The lowest BCUT2D eigenvalue weighted by Crippen LogP contribution is -2.47. The van der Waals surface area contributed by atoms with Crippen molar-refractivity contribution in [1.29, 1.82) is 0 Å². The van der Waals surface area contributed by atoms with Crippen molar-refractivity contribution in [2.24, 2.45) is 0 Å². The normalized spacial score (nSPS) is 18.1. The summed E-state index contributed by atoms with van der Waals surface area (Å²) < 4.78 is 1.62. The number of fused-ring (bicyclic) bond motifs is 1. The minimum Gasteiger partial charge on any atom is -0.346 e. The summed E-state index contributed by atoms with van der Waals surface area (Å²) in [5, 5.41) is 5.78. The van der Waals surface area contributed by atoms with Gasteiger partial charge in [0.1, 0.15) is 0 Å². The van der Waals surface area contributed by atoms with Crippen LogP contribution in [0, 0.1) is 0 Å². The van der Waals surface area contributed by atoms with Gasteiger partial charge in [0.2, 0.25) is 0 Å². The van der Waals surface area contributed by atoms with Gasteiger partial charge in [0.05, 0.1) is 17.9 Å². The molecule has 2 aromatic heterocycles. The Morgan fingerprint density at radius 1 is 1.07 bits per heavy atom. The van der Waals surface area contributed by atoms with Crippen molar-refractivity contribution >= 4 is 16.5 Å². The van der Waals surface area contributed by atoms with Crippen LogP contribution in [0.4, 0.5) is 5.13 Å². The SMILES string of the molecule is CC(C)(C)c1ccc(=O)n(CCN2CCN(c3nc4c(s3)CCC4)CC2)n1. The molecule has 0 N–H and O–H groups in total. The molecule has 2 aromatic rings. The van der Waals surface area contributed by atoms with Crippen LogP contribution in [0.1, 0.15) is 43.5 Å². The third-order valence-electron chi connectivity index (χ3n) is 5.49. The zero-order valence-corrected chi connectivity index (χ0v) is 17.4. The van der Waals surface area contributed by atoms with E-state index in [1.165, 1.54) is 28.5 Å². The number of anilines is 1. The number of aryl methyl sites for hydroxylation is 2. The Morgan fingerprint density at radius 2 is 1.85 bits per heavy atom. The smallest absolute Gasteiger partial charge is 0.266 e. The van der Waals surface area contributed by atoms with Crippen molar-refractivity contribution < 1.29 is 0 Å². The molecule has 0 bridgehead atoms. The highest BCUT2D eigenvalue weighted by atomic mass is 32.1. The lowest BCUT2D eigenvalue weighted by molar-refractivity contribution is 0.242. The molecule has 0 radical (unpaired) electrons. The lowest BCUT2D eigenvalue weighted by atomic mass is 9.92. The molecule has 0 amide bonds. The Labute approximate surface area is 164 Å². The summed E-state index contributed by atoms with van der Waals surface area (Å²) in [5.41, 5.74) is 2.24. The second kappa shape index (κ2) is 7.36. The van der Waals surface area contributed by atoms with Gasteiger partial charge in [-0.15, -0.1) is 11.3 Å². The van der Waals surface area contributed by atoms with Crippen LogP contribution in [0.5, 0.6) is 0 Å². The van der Waals surface area contributed by atoms with E-state index >= 15 is 0 Å². The van der Waals surface area contributed by atoms with Gasteiger partial charge in [-0.2, -0.15) is 5.10 Å². The largest absolute Gasteiger partial charge is 0.346 e. The van der Waals surface area contributed by atoms with Crippen LogP contribution in [0.2, 0.25) is 0 Å². The van der Waals surface area contributed by atoms with Gasteiger partial charge in [0.25, 0.3) is 5.56 Å². The van der Waals surface area contributed by atoms with E-state index in [1.807, 2.05) is 17.4 Å². The topological polar surface area (TPSA) is 54.3 Å². The van der Waals surface area contributed by atoms with E-state index in [-0.39, 0.29) is 11.0 Å². The molecule has 3 heterocycles. The molecule has 27 heavy (non-hydrogen) atoms. The number of hydrogen-bond donors (Lipinski definition) is 0. The van der Waals surface area contributed by atoms with Gasteiger partial charge in [-0.25, -0.2) is 9.67 Å². The fourth-order valence-corrected chi connectivity index (χ4v) is 4.92. The Hall–Kier alpha value is -1.73. The van der Waals surface area contributed by atoms with Crippen LogP contribution in [0.25, 0.3) is 0 Å². The van der Waals surface area contributed by atoms with E-state index in [0.29, 0.717) is 6.54 Å². The van der Waals surface area contributed by atoms with Crippen LogP contribution in [0.15, 0.2) is 16.9 Å². The summed E-state index contributed by atoms with van der Waals surface area (Å²) >= 11 is 1.89. The molecule has 1 aliphatic heterocycles. The van der Waals surface area contributed by atoms with E-state index in [9.17, 15) is 4.79 Å². The molecule has 6 nitrogen and oxygen atoms in total. The van der Waals surface area contributed by atoms with Gasteiger partial charge in [0.15, 0.2) is 5.13 Å². The van der Waals surface area contributed by atoms with Crippen LogP contribution < -0.4 is 10.5 Å². The van der Waals surface area contributed by atoms with Crippen LogP contribution in [-0.4, -0.2) is 52.4 Å². The highest BCUT2D eigenvalue weighted by Crippen LogP contribution is 2.32. The zero-order chi connectivity index (χ0) is 19.0. The van der Waals surface area contributed by atoms with Gasteiger partial charge >= 0.3 is 0 Å². The first-order valence-corrected chi connectivity index (χ1v) is 10.8. The summed E-state index contributed by atoms with van der Waals surface area (Å²) in [7, 11) is 0. The predicted molar refractivity (Wildman–Crippen MR) is 110 cm³/mol. The first-order valence-electron chi connectivity index (χ1n) is 9.95. The number of nitrogens with zero attached hydrogens (tertiary/aromatic N) is 5. The van der Waals surface area contributed by atoms with Crippen LogP contribution >= 0.6 is 11.3 Å². The highest BCUT2D eigenvalue weighted by Gasteiger charge is 2.23. The van der Waals surface area contributed by atoms with E-state index in [1.54, 1.807) is 10.7 Å². The molecule has 1 saturated heterocycles. The van der Waals surface area contributed by atoms with Gasteiger partial charge in [-0.05, 0) is 25.3 Å². The van der Waals surface area contributed by atoms with E-state index < -0.39 is 0 Å². The second-order valence-electron chi connectivity index (χ2n) is 8.58. The lowest BCUT2D eigenvalue weighted by Gasteiger charge is -2.34. The van der Waals surface area contributed by atoms with Crippen molar-refractivity contribution in [3.63, 3.8) is 0 Å². The molecule has 146 valence electrons. The standard InChI is InChI=1S/C20H29N5OS/c1-20(2,3)17-7-8-18(26)25(22-17)14-11-23-9-12-24(13-10-23)19-21-15-5-4-6-16(15)27-19/h7-8H,4-6,9-14H2,1-3H3. The molecule has 0 spiro atoms. The number of piperazine rings is 1. The van der Waals surface area contributed by atoms with E-state index in [2.05, 4.69) is 35.7 Å². The Balaban J connectivity index is 1.32. The third-order valence-corrected chi connectivity index (χ3v) is 6.71. The maximum absolute atomic E-state index is 12.1. The molecule has 0 aromatic carbocycles. The Bertz CT molecular complexity index is 836. The summed E-state index contributed by atoms with van der Waals surface area (Å²) in [5.74, 6) is 0. The fourth-order valence-electron chi connectivity index (χ4n) is 3.72. The highest BCUT2D eigenvalue weighted by molar-refractivity contribution is 7.15. The molecule has 7 heteroatoms. The average Bonchev–Trinajstić information content (AvgIpc) is 3.22. The number of hydrogen-bond acceptors (Lipinski definition) is 6. The minimum atomic E-state index is -0.0466. The van der Waals surface area contributed by atoms with Crippen LogP contribution in [0.3, 0.4) is 0 Å². The van der Waals surface area contributed by atoms with Gasteiger partial charge < -0.3 is 4.90 Å². The third kappa shape index (κ3) is 4.09. The molecule has 0 atom stereocenters. The second-order valence-corrected chi connectivity index (χ2v) is 9.64. The van der Waals surface area contributed by atoms with Crippen molar-refractivity contribution in [2.45, 2.75) is 52.0 Å². The molecular formula is C20H29N5OS. The molecule has 4 rings (SSSR count). The molecule has 1 aliphatic carbocycles. The van der Waals surface area contributed by atoms with Crippen molar-refractivity contribution in [2.75, 3.05) is 37.6 Å². The number of thiazole rings is 1. The van der Waals surface area contributed by atoms with E-state index in [0.717, 1.165) is 44.8 Å². The fraction of sp³-hybridized carbons (Fsp3) is 0.650. The Morgan fingerprint density at radius 3 is 2.56 bits per heavy atom. The molecule has 2 aliphatic rings. The van der Waals surface area contributed by atoms with Crippen molar-refractivity contribution in [3.05, 3.63) is 38.8 Å². The summed E-state index contributed by atoms with van der Waals surface area (Å²) in [6, 6.07) is 3.50.